The predicted octanol–water partition coefficient (Wildman–Crippen LogP) is 2.51. The van der Waals surface area contributed by atoms with Gasteiger partial charge in [-0.25, -0.2) is 0 Å². The molecule has 0 unspecified atom stereocenters. The van der Waals surface area contributed by atoms with Gasteiger partial charge in [-0.2, -0.15) is 0 Å². The second-order valence-corrected chi connectivity index (χ2v) is 6.83. The third kappa shape index (κ3) is 6.45. The van der Waals surface area contributed by atoms with Crippen LogP contribution in [0.5, 0.6) is 0 Å². The molecular weight excluding hydrogens is 302 g/mol. The molecule has 2 N–H and O–H groups in total. The van der Waals surface area contributed by atoms with Crippen LogP contribution in [0.3, 0.4) is 0 Å². The van der Waals surface area contributed by atoms with Gasteiger partial charge in [0, 0.05) is 16.2 Å². The predicted molar refractivity (Wildman–Crippen MR) is 90.1 cm³/mol. The van der Waals surface area contributed by atoms with Crippen molar-refractivity contribution in [2.45, 2.75) is 39.3 Å². The Hall–Kier alpha value is -1.59. The molecule has 0 radical (unpaired) electrons. The molecule has 0 bridgehead atoms. The molecule has 1 aromatic carbocycles. The van der Waals surface area contributed by atoms with Gasteiger partial charge in [0.1, 0.15) is 0 Å². The Morgan fingerprint density at radius 1 is 1.32 bits per heavy atom. The first kappa shape index (κ1) is 18.5. The zero-order chi connectivity index (χ0) is 16.9. The van der Waals surface area contributed by atoms with Crippen molar-refractivity contribution in [2.75, 3.05) is 18.9 Å². The van der Waals surface area contributed by atoms with Gasteiger partial charge in [0.2, 0.25) is 11.8 Å². The zero-order valence-electron chi connectivity index (χ0n) is 13.7. The van der Waals surface area contributed by atoms with E-state index >= 15 is 0 Å². The minimum atomic E-state index is -0.440. The molecule has 0 aliphatic heterocycles. The van der Waals surface area contributed by atoms with Crippen molar-refractivity contribution in [1.82, 2.24) is 10.2 Å². The van der Waals surface area contributed by atoms with Gasteiger partial charge in [0.15, 0.2) is 0 Å². The molecule has 122 valence electrons. The first-order valence-electron chi connectivity index (χ1n) is 7.16. The molecule has 2 amide bonds. The Morgan fingerprint density at radius 3 is 2.50 bits per heavy atom. The summed E-state index contributed by atoms with van der Waals surface area (Å²) in [4.78, 5) is 25.8. The fourth-order valence-electron chi connectivity index (χ4n) is 1.83. The van der Waals surface area contributed by atoms with Crippen LogP contribution in [0, 0.1) is 0 Å². The summed E-state index contributed by atoms with van der Waals surface area (Å²) in [6, 6.07) is 6.51. The summed E-state index contributed by atoms with van der Waals surface area (Å²) in [7, 11) is 1.74. The van der Waals surface area contributed by atoms with Gasteiger partial charge in [-0.3, -0.25) is 14.5 Å². The number of halogens is 1. The van der Waals surface area contributed by atoms with E-state index in [-0.39, 0.29) is 23.9 Å². The first-order valence-corrected chi connectivity index (χ1v) is 7.54. The minimum absolute atomic E-state index is 0.114. The molecule has 6 heteroatoms. The van der Waals surface area contributed by atoms with Crippen LogP contribution in [-0.4, -0.2) is 41.9 Å². The van der Waals surface area contributed by atoms with Crippen LogP contribution in [0.2, 0.25) is 5.02 Å². The molecule has 0 aromatic heterocycles. The lowest BCUT2D eigenvalue weighted by molar-refractivity contribution is -0.125. The Bertz CT molecular complexity index is 540. The SMILES string of the molecule is C[C@H](C(=O)Nc1cccc(Cl)c1)N(C)CC(=O)NC(C)(C)C. The maximum atomic E-state index is 12.2. The molecule has 22 heavy (non-hydrogen) atoms. The van der Waals surface area contributed by atoms with Crippen molar-refractivity contribution in [3.8, 4) is 0 Å². The largest absolute Gasteiger partial charge is 0.350 e. The van der Waals surface area contributed by atoms with E-state index in [1.165, 1.54) is 0 Å². The molecule has 0 saturated heterocycles. The van der Waals surface area contributed by atoms with Crippen LogP contribution in [0.25, 0.3) is 0 Å². The molecule has 1 rings (SSSR count). The standard InChI is InChI=1S/C16H24ClN3O2/c1-11(20(5)10-14(21)19-16(2,3)4)15(22)18-13-8-6-7-12(17)9-13/h6-9,11H,10H2,1-5H3,(H,18,22)(H,19,21)/t11-/m1/s1. The number of rotatable bonds is 5. The van der Waals surface area contributed by atoms with Crippen LogP contribution >= 0.6 is 11.6 Å². The molecule has 0 heterocycles. The summed E-state index contributed by atoms with van der Waals surface area (Å²) in [5.74, 6) is -0.300. The van der Waals surface area contributed by atoms with E-state index < -0.39 is 6.04 Å². The van der Waals surface area contributed by atoms with Crippen LogP contribution < -0.4 is 10.6 Å². The van der Waals surface area contributed by atoms with E-state index in [1.54, 1.807) is 43.1 Å². The first-order chi connectivity index (χ1) is 10.1. The quantitative estimate of drug-likeness (QED) is 0.874. The average molecular weight is 326 g/mol. The van der Waals surface area contributed by atoms with Gasteiger partial charge in [-0.15, -0.1) is 0 Å². The van der Waals surface area contributed by atoms with E-state index in [0.717, 1.165) is 0 Å². The fraction of sp³-hybridized carbons (Fsp3) is 0.500. The number of amides is 2. The van der Waals surface area contributed by atoms with Gasteiger partial charge in [0.25, 0.3) is 0 Å². The third-order valence-electron chi connectivity index (χ3n) is 3.04. The monoisotopic (exact) mass is 325 g/mol. The van der Waals surface area contributed by atoms with E-state index in [2.05, 4.69) is 10.6 Å². The van der Waals surface area contributed by atoms with Crippen molar-refractivity contribution in [1.29, 1.82) is 0 Å². The molecule has 1 aromatic rings. The van der Waals surface area contributed by atoms with Crippen LogP contribution in [0.4, 0.5) is 5.69 Å². The van der Waals surface area contributed by atoms with E-state index in [9.17, 15) is 9.59 Å². The lowest BCUT2D eigenvalue weighted by atomic mass is 10.1. The number of likely N-dealkylation sites (N-methyl/N-ethyl adjacent to an activating group) is 1. The number of nitrogens with one attached hydrogen (secondary N) is 2. The van der Waals surface area contributed by atoms with Gasteiger partial charge in [-0.1, -0.05) is 17.7 Å². The molecule has 0 aliphatic rings. The maximum absolute atomic E-state index is 12.2. The fourth-order valence-corrected chi connectivity index (χ4v) is 2.02. The maximum Gasteiger partial charge on any atom is 0.241 e. The molecule has 0 spiro atoms. The molecule has 5 nitrogen and oxygen atoms in total. The topological polar surface area (TPSA) is 61.4 Å². The summed E-state index contributed by atoms with van der Waals surface area (Å²) in [6.45, 7) is 7.66. The Labute approximate surface area is 137 Å². The number of hydrogen-bond acceptors (Lipinski definition) is 3. The lowest BCUT2D eigenvalue weighted by Crippen LogP contribution is -2.49. The highest BCUT2D eigenvalue weighted by atomic mass is 35.5. The van der Waals surface area contributed by atoms with E-state index in [1.807, 2.05) is 20.8 Å². The van der Waals surface area contributed by atoms with Crippen molar-refractivity contribution >= 4 is 29.1 Å². The van der Waals surface area contributed by atoms with E-state index in [4.69, 9.17) is 11.6 Å². The second kappa shape index (κ2) is 7.61. The van der Waals surface area contributed by atoms with Crippen molar-refractivity contribution in [3.63, 3.8) is 0 Å². The van der Waals surface area contributed by atoms with Crippen molar-refractivity contribution in [2.24, 2.45) is 0 Å². The highest BCUT2D eigenvalue weighted by molar-refractivity contribution is 6.30. The molecule has 0 fully saturated rings. The third-order valence-corrected chi connectivity index (χ3v) is 3.28. The van der Waals surface area contributed by atoms with Crippen LogP contribution in [0.1, 0.15) is 27.7 Å². The Morgan fingerprint density at radius 2 is 1.95 bits per heavy atom. The number of anilines is 1. The summed E-state index contributed by atoms with van der Waals surface area (Å²) in [5, 5.41) is 6.22. The number of hydrogen-bond donors (Lipinski definition) is 2. The minimum Gasteiger partial charge on any atom is -0.350 e. The Balaban J connectivity index is 2.57. The van der Waals surface area contributed by atoms with Gasteiger partial charge < -0.3 is 10.6 Å². The number of carbonyl (C=O) groups is 2. The van der Waals surface area contributed by atoms with Crippen molar-refractivity contribution < 1.29 is 9.59 Å². The lowest BCUT2D eigenvalue weighted by Gasteiger charge is -2.26. The van der Waals surface area contributed by atoms with Gasteiger partial charge in [0.05, 0.1) is 12.6 Å². The van der Waals surface area contributed by atoms with E-state index in [0.29, 0.717) is 10.7 Å². The van der Waals surface area contributed by atoms with Gasteiger partial charge >= 0.3 is 0 Å². The highest BCUT2D eigenvalue weighted by Crippen LogP contribution is 2.15. The van der Waals surface area contributed by atoms with Crippen molar-refractivity contribution in [3.05, 3.63) is 29.3 Å². The smallest absolute Gasteiger partial charge is 0.241 e. The summed E-state index contributed by atoms with van der Waals surface area (Å²) >= 11 is 5.89. The van der Waals surface area contributed by atoms with Gasteiger partial charge in [-0.05, 0) is 52.9 Å². The second-order valence-electron chi connectivity index (χ2n) is 6.39. The summed E-state index contributed by atoms with van der Waals surface area (Å²) in [6.07, 6.45) is 0. The molecule has 0 aliphatic carbocycles. The number of carbonyl (C=O) groups excluding carboxylic acids is 2. The zero-order valence-corrected chi connectivity index (χ0v) is 14.5. The average Bonchev–Trinajstić information content (AvgIpc) is 2.35. The number of nitrogens with zero attached hydrogens (tertiary/aromatic N) is 1. The summed E-state index contributed by atoms with van der Waals surface area (Å²) in [5.41, 5.74) is 0.349. The van der Waals surface area contributed by atoms with Crippen LogP contribution in [0.15, 0.2) is 24.3 Å². The molecule has 0 saturated carbocycles. The molecular formula is C16H24ClN3O2. The Kier molecular flexibility index (Phi) is 6.38. The normalized spacial score (nSPS) is 12.9. The van der Waals surface area contributed by atoms with Crippen LogP contribution in [-0.2, 0) is 9.59 Å². The number of benzene rings is 1. The summed E-state index contributed by atoms with van der Waals surface area (Å²) < 4.78 is 0. The molecule has 1 atom stereocenters. The highest BCUT2D eigenvalue weighted by Gasteiger charge is 2.22.